The Kier molecular flexibility index (Phi) is 9.81. The van der Waals surface area contributed by atoms with Gasteiger partial charge in [0.05, 0.1) is 23.0 Å². The van der Waals surface area contributed by atoms with Crippen LogP contribution in [0, 0.1) is 13.8 Å². The van der Waals surface area contributed by atoms with Crippen molar-refractivity contribution in [2.75, 3.05) is 18.9 Å². The summed E-state index contributed by atoms with van der Waals surface area (Å²) in [4.78, 5) is 33.4. The minimum Gasteiger partial charge on any atom is -0.470 e. The first-order valence-corrected chi connectivity index (χ1v) is 15.4. The molecule has 1 aliphatic rings. The number of rotatable bonds is 8. The Morgan fingerprint density at radius 2 is 1.80 bits per heavy atom. The maximum atomic E-state index is 13.7. The van der Waals surface area contributed by atoms with Gasteiger partial charge in [-0.25, -0.2) is 4.98 Å². The zero-order valence-electron chi connectivity index (χ0n) is 25.7. The molecule has 5 rings (SSSR count). The van der Waals surface area contributed by atoms with Gasteiger partial charge in [-0.1, -0.05) is 41.4 Å². The first-order valence-electron chi connectivity index (χ1n) is 15.1. The first kappa shape index (κ1) is 31.0. The van der Waals surface area contributed by atoms with E-state index in [9.17, 15) is 9.59 Å². The van der Waals surface area contributed by atoms with Crippen LogP contribution in [-0.2, 0) is 4.74 Å². The largest absolute Gasteiger partial charge is 0.470 e. The fraction of sp³-hybridized carbons (Fsp3) is 0.270. The Labute approximate surface area is 264 Å². The average Bonchev–Trinajstić information content (AvgIpc) is 3.00. The normalized spacial score (nSPS) is 15.7. The van der Waals surface area contributed by atoms with Crippen molar-refractivity contribution >= 4 is 40.0 Å². The highest BCUT2D eigenvalue weighted by Gasteiger charge is 2.18. The number of ether oxygens (including phenoxy) is 1. The van der Waals surface area contributed by atoms with Crippen LogP contribution in [0.3, 0.4) is 0 Å². The maximum Gasteiger partial charge on any atom is 0.256 e. The second kappa shape index (κ2) is 13.9. The molecule has 2 heterocycles. The molecule has 2 amide bonds. The molecular formula is C37H38ClN3O3. The number of carbonyl (C=O) groups excluding carboxylic acids is 2. The van der Waals surface area contributed by atoms with E-state index in [0.717, 1.165) is 65.5 Å². The average molecular weight is 608 g/mol. The molecule has 1 N–H and O–H groups in total. The Hall–Kier alpha value is -4.42. The topological polar surface area (TPSA) is 71.5 Å². The molecule has 0 fully saturated rings. The van der Waals surface area contributed by atoms with Crippen LogP contribution in [0.4, 0.5) is 5.69 Å². The molecule has 226 valence electrons. The number of aryl methyl sites for hydroxylation is 2. The lowest BCUT2D eigenvalue weighted by Crippen LogP contribution is -2.27. The third-order valence-electron chi connectivity index (χ3n) is 7.98. The van der Waals surface area contributed by atoms with Crippen molar-refractivity contribution in [2.45, 2.75) is 52.9 Å². The Balaban J connectivity index is 1.29. The van der Waals surface area contributed by atoms with Crippen LogP contribution in [0.2, 0.25) is 5.02 Å². The summed E-state index contributed by atoms with van der Waals surface area (Å²) in [5.41, 5.74) is 7.13. The van der Waals surface area contributed by atoms with Gasteiger partial charge in [-0.15, -0.1) is 0 Å². The SMILES string of the molecule is C/C1=C(\CCCN(C)C(=O)c2ccc(NC(=O)c3cc(-c4ccccc4Cl)nc4c(C)cc(C)cc34)cc2)O/C=C/CCC1. The zero-order chi connectivity index (χ0) is 31.2. The number of fused-ring (bicyclic) bond motifs is 1. The Morgan fingerprint density at radius 3 is 2.57 bits per heavy atom. The molecule has 0 unspecified atom stereocenters. The van der Waals surface area contributed by atoms with Crippen molar-refractivity contribution in [3.63, 3.8) is 0 Å². The summed E-state index contributed by atoms with van der Waals surface area (Å²) in [5.74, 6) is 0.679. The van der Waals surface area contributed by atoms with Crippen LogP contribution in [0.25, 0.3) is 22.2 Å². The van der Waals surface area contributed by atoms with Crippen molar-refractivity contribution < 1.29 is 14.3 Å². The molecule has 0 radical (unpaired) electrons. The van der Waals surface area contributed by atoms with E-state index in [4.69, 9.17) is 21.3 Å². The molecule has 0 bridgehead atoms. The van der Waals surface area contributed by atoms with Gasteiger partial charge in [-0.2, -0.15) is 0 Å². The van der Waals surface area contributed by atoms with Gasteiger partial charge in [0, 0.05) is 47.2 Å². The zero-order valence-corrected chi connectivity index (χ0v) is 26.5. The monoisotopic (exact) mass is 607 g/mol. The fourth-order valence-corrected chi connectivity index (χ4v) is 5.80. The summed E-state index contributed by atoms with van der Waals surface area (Å²) in [7, 11) is 1.81. The summed E-state index contributed by atoms with van der Waals surface area (Å²) in [6.07, 6.45) is 8.65. The molecule has 6 nitrogen and oxygen atoms in total. The summed E-state index contributed by atoms with van der Waals surface area (Å²) in [5, 5.41) is 4.36. The molecule has 44 heavy (non-hydrogen) atoms. The molecule has 7 heteroatoms. The lowest BCUT2D eigenvalue weighted by atomic mass is 9.99. The standard InChI is InChI=1S/C37H38ClN3O3/c1-24-21-26(3)35-30(22-24)31(23-33(40-35)29-12-7-8-13-32(29)38)36(42)39-28-17-15-27(16-18-28)37(43)41(4)19-10-14-34-25(2)11-6-5-9-20-44-34/h7-9,12-13,15-18,20-23H,5-6,10-11,14,19H2,1-4H3,(H,39,42)/b20-9+,34-25-. The van der Waals surface area contributed by atoms with Gasteiger partial charge in [0.2, 0.25) is 0 Å². The molecule has 0 spiro atoms. The predicted octanol–water partition coefficient (Wildman–Crippen LogP) is 9.26. The van der Waals surface area contributed by atoms with Gasteiger partial charge in [0.25, 0.3) is 11.8 Å². The van der Waals surface area contributed by atoms with Gasteiger partial charge in [-0.05, 0) is 106 Å². The summed E-state index contributed by atoms with van der Waals surface area (Å²) >= 11 is 6.50. The summed E-state index contributed by atoms with van der Waals surface area (Å²) < 4.78 is 5.82. The number of aromatic nitrogens is 1. The number of nitrogens with one attached hydrogen (secondary N) is 1. The number of hydrogen-bond acceptors (Lipinski definition) is 4. The highest BCUT2D eigenvalue weighted by Crippen LogP contribution is 2.32. The molecular weight excluding hydrogens is 570 g/mol. The molecule has 1 aliphatic heterocycles. The van der Waals surface area contributed by atoms with E-state index in [1.54, 1.807) is 41.5 Å². The van der Waals surface area contributed by atoms with Gasteiger partial charge < -0.3 is 15.0 Å². The molecule has 1 aromatic heterocycles. The van der Waals surface area contributed by atoms with Crippen molar-refractivity contribution in [1.82, 2.24) is 9.88 Å². The summed E-state index contributed by atoms with van der Waals surface area (Å²) in [6.45, 7) is 6.74. The van der Waals surface area contributed by atoms with Crippen molar-refractivity contribution in [3.05, 3.63) is 118 Å². The van der Waals surface area contributed by atoms with Gasteiger partial charge in [0.15, 0.2) is 0 Å². The maximum absolute atomic E-state index is 13.7. The van der Waals surface area contributed by atoms with E-state index in [1.807, 2.05) is 51.2 Å². The van der Waals surface area contributed by atoms with Crippen LogP contribution < -0.4 is 5.32 Å². The van der Waals surface area contributed by atoms with E-state index in [0.29, 0.717) is 34.1 Å². The number of anilines is 1. The van der Waals surface area contributed by atoms with Crippen molar-refractivity contribution in [1.29, 1.82) is 0 Å². The number of hydrogen-bond donors (Lipinski definition) is 1. The smallest absolute Gasteiger partial charge is 0.256 e. The molecule has 0 atom stereocenters. The fourth-order valence-electron chi connectivity index (χ4n) is 5.56. The van der Waals surface area contributed by atoms with Crippen LogP contribution in [0.5, 0.6) is 0 Å². The highest BCUT2D eigenvalue weighted by atomic mass is 35.5. The van der Waals surface area contributed by atoms with Crippen molar-refractivity contribution in [3.8, 4) is 11.3 Å². The molecule has 4 aromatic rings. The molecule has 0 aliphatic carbocycles. The number of carbonyl (C=O) groups is 2. The Morgan fingerprint density at radius 1 is 1.02 bits per heavy atom. The third kappa shape index (κ3) is 7.20. The van der Waals surface area contributed by atoms with Gasteiger partial charge in [-0.3, -0.25) is 9.59 Å². The number of allylic oxidation sites excluding steroid dienone is 3. The second-order valence-electron chi connectivity index (χ2n) is 11.5. The first-order chi connectivity index (χ1) is 21.2. The number of halogens is 1. The van der Waals surface area contributed by atoms with Crippen LogP contribution in [0.1, 0.15) is 70.9 Å². The number of pyridine rings is 1. The minimum atomic E-state index is -0.261. The number of nitrogens with zero attached hydrogens (tertiary/aromatic N) is 2. The van der Waals surface area contributed by atoms with Crippen LogP contribution >= 0.6 is 11.6 Å². The van der Waals surface area contributed by atoms with E-state index in [-0.39, 0.29) is 11.8 Å². The van der Waals surface area contributed by atoms with Crippen molar-refractivity contribution in [2.24, 2.45) is 0 Å². The minimum absolute atomic E-state index is 0.0671. The quantitative estimate of drug-likeness (QED) is 0.217. The number of amides is 2. The lowest BCUT2D eigenvalue weighted by molar-refractivity contribution is 0.0792. The van der Waals surface area contributed by atoms with Crippen LogP contribution in [-0.4, -0.2) is 35.3 Å². The van der Waals surface area contributed by atoms with Gasteiger partial charge >= 0.3 is 0 Å². The number of benzene rings is 3. The lowest BCUT2D eigenvalue weighted by Gasteiger charge is -2.19. The van der Waals surface area contributed by atoms with E-state index in [2.05, 4.69) is 24.4 Å². The van der Waals surface area contributed by atoms with E-state index < -0.39 is 0 Å². The van der Waals surface area contributed by atoms with E-state index in [1.165, 1.54) is 5.57 Å². The Bertz CT molecular complexity index is 1760. The van der Waals surface area contributed by atoms with E-state index >= 15 is 0 Å². The predicted molar refractivity (Wildman–Crippen MR) is 179 cm³/mol. The molecule has 0 saturated carbocycles. The second-order valence-corrected chi connectivity index (χ2v) is 11.9. The van der Waals surface area contributed by atoms with Crippen LogP contribution in [0.15, 0.2) is 90.4 Å². The molecule has 0 saturated heterocycles. The summed E-state index contributed by atoms with van der Waals surface area (Å²) in [6, 6.07) is 20.3. The van der Waals surface area contributed by atoms with Gasteiger partial charge in [0.1, 0.15) is 5.76 Å². The highest BCUT2D eigenvalue weighted by molar-refractivity contribution is 6.33. The third-order valence-corrected chi connectivity index (χ3v) is 8.31. The molecule has 3 aromatic carbocycles.